The average molecular weight is 686 g/mol. The van der Waals surface area contributed by atoms with E-state index in [-0.39, 0.29) is 24.1 Å². The maximum Gasteiger partial charge on any atom is 0.252 e. The number of aryl methyl sites for hydroxylation is 2. The molecular weight excluding hydrogens is 636 g/mol. The number of carbonyl (C=O) groups is 2. The van der Waals surface area contributed by atoms with Crippen molar-refractivity contribution >= 4 is 21.7 Å². The monoisotopic (exact) mass is 685 g/mol. The lowest BCUT2D eigenvalue weighted by Crippen LogP contribution is -2.57. The van der Waals surface area contributed by atoms with Gasteiger partial charge in [-0.05, 0) is 73.1 Å². The fourth-order valence-corrected chi connectivity index (χ4v) is 7.94. The van der Waals surface area contributed by atoms with Crippen LogP contribution in [-0.2, 0) is 34.0 Å². The Morgan fingerprint density at radius 1 is 0.833 bits per heavy atom. The van der Waals surface area contributed by atoms with E-state index >= 15 is 0 Å². The molecule has 262 valence electrons. The molecule has 0 unspecified atom stereocenters. The minimum Gasteiger partial charge on any atom is -0.390 e. The molecule has 3 aromatic carbocycles. The first-order valence-electron chi connectivity index (χ1n) is 16.7. The van der Waals surface area contributed by atoms with Crippen LogP contribution in [-0.4, -0.2) is 61.1 Å². The van der Waals surface area contributed by atoms with Crippen molar-refractivity contribution in [1.82, 2.24) is 16.0 Å². The number of carbonyl (C=O) groups excluding carboxylic acids is 2. The standard InChI is InChI=1S/C37H49F2N3O5S/c1-5-11-31(12-6-2)48(46,47)24-34(42-36(44)32-16-9-8-13-25(32)4)37(45)41-33(20-28-18-29(38)21-30(39)19-28)35(43)23-40-22-27-15-10-14-26(7-3)17-27/h8-10,13-19,21,31,33-35,40,43H,5-7,11-12,20,22-24H2,1-4H3,(H,41,45)(H,42,44)/t33-,34-,35+/m0/s1. The quantitative estimate of drug-likeness (QED) is 0.138. The molecule has 0 saturated carbocycles. The van der Waals surface area contributed by atoms with Crippen molar-refractivity contribution in [3.63, 3.8) is 0 Å². The summed E-state index contributed by atoms with van der Waals surface area (Å²) in [7, 11) is -3.86. The molecular formula is C37H49F2N3O5S. The highest BCUT2D eigenvalue weighted by molar-refractivity contribution is 7.92. The molecule has 0 fully saturated rings. The smallest absolute Gasteiger partial charge is 0.252 e. The van der Waals surface area contributed by atoms with Crippen LogP contribution in [0.5, 0.6) is 0 Å². The number of hydrogen-bond acceptors (Lipinski definition) is 6. The first kappa shape index (κ1) is 38.8. The zero-order valence-corrected chi connectivity index (χ0v) is 29.1. The van der Waals surface area contributed by atoms with Crippen LogP contribution >= 0.6 is 0 Å². The second-order valence-corrected chi connectivity index (χ2v) is 14.7. The Morgan fingerprint density at radius 3 is 2.10 bits per heavy atom. The number of rotatable bonds is 19. The number of benzene rings is 3. The second kappa shape index (κ2) is 18.8. The molecule has 3 aromatic rings. The third-order valence-electron chi connectivity index (χ3n) is 8.39. The highest BCUT2D eigenvalue weighted by atomic mass is 32.2. The molecule has 0 aromatic heterocycles. The summed E-state index contributed by atoms with van der Waals surface area (Å²) >= 11 is 0. The molecule has 0 bridgehead atoms. The van der Waals surface area contributed by atoms with Gasteiger partial charge in [-0.3, -0.25) is 9.59 Å². The Kier molecular flexibility index (Phi) is 15.2. The number of halogens is 2. The molecule has 2 amide bonds. The van der Waals surface area contributed by atoms with E-state index < -0.39 is 62.5 Å². The number of hydrogen-bond donors (Lipinski definition) is 4. The minimum atomic E-state index is -3.86. The van der Waals surface area contributed by atoms with Crippen LogP contribution in [0, 0.1) is 18.6 Å². The van der Waals surface area contributed by atoms with Gasteiger partial charge in [0.1, 0.15) is 17.7 Å². The van der Waals surface area contributed by atoms with E-state index in [9.17, 15) is 31.9 Å². The van der Waals surface area contributed by atoms with Crippen molar-refractivity contribution in [3.05, 3.63) is 106 Å². The lowest BCUT2D eigenvalue weighted by molar-refractivity contribution is -0.124. The number of amides is 2. The van der Waals surface area contributed by atoms with E-state index in [1.54, 1.807) is 31.2 Å². The van der Waals surface area contributed by atoms with Crippen LogP contribution in [0.1, 0.15) is 79.1 Å². The number of nitrogens with one attached hydrogen (secondary N) is 3. The predicted molar refractivity (Wildman–Crippen MR) is 185 cm³/mol. The zero-order chi connectivity index (χ0) is 35.3. The Morgan fingerprint density at radius 2 is 1.48 bits per heavy atom. The maximum atomic E-state index is 14.1. The van der Waals surface area contributed by atoms with E-state index in [1.165, 1.54) is 0 Å². The minimum absolute atomic E-state index is 0.00665. The average Bonchev–Trinajstić information content (AvgIpc) is 3.03. The van der Waals surface area contributed by atoms with E-state index in [1.807, 2.05) is 38.1 Å². The Balaban J connectivity index is 1.90. The second-order valence-electron chi connectivity index (χ2n) is 12.3. The van der Waals surface area contributed by atoms with Gasteiger partial charge in [0.15, 0.2) is 9.84 Å². The molecule has 0 aliphatic carbocycles. The molecule has 11 heteroatoms. The van der Waals surface area contributed by atoms with Gasteiger partial charge in [-0.25, -0.2) is 17.2 Å². The Labute approximate surface area is 283 Å². The summed E-state index contributed by atoms with van der Waals surface area (Å²) in [5.74, 6) is -3.73. The van der Waals surface area contributed by atoms with Gasteiger partial charge in [0.25, 0.3) is 5.91 Å². The molecule has 0 heterocycles. The van der Waals surface area contributed by atoms with Gasteiger partial charge in [0.2, 0.25) is 5.91 Å². The highest BCUT2D eigenvalue weighted by Gasteiger charge is 2.34. The van der Waals surface area contributed by atoms with Crippen molar-refractivity contribution < 1.29 is 31.9 Å². The van der Waals surface area contributed by atoms with Gasteiger partial charge in [-0.2, -0.15) is 0 Å². The van der Waals surface area contributed by atoms with Gasteiger partial charge in [0, 0.05) is 24.7 Å². The summed E-state index contributed by atoms with van der Waals surface area (Å²) in [6.07, 6.45) is 1.55. The van der Waals surface area contributed by atoms with Crippen LogP contribution in [0.4, 0.5) is 8.78 Å². The van der Waals surface area contributed by atoms with Crippen molar-refractivity contribution in [2.75, 3.05) is 12.3 Å². The lowest BCUT2D eigenvalue weighted by atomic mass is 10.00. The maximum absolute atomic E-state index is 14.1. The third kappa shape index (κ3) is 11.8. The summed E-state index contributed by atoms with van der Waals surface area (Å²) in [4.78, 5) is 27.3. The predicted octanol–water partition coefficient (Wildman–Crippen LogP) is 5.20. The van der Waals surface area contributed by atoms with Crippen molar-refractivity contribution in [2.24, 2.45) is 0 Å². The van der Waals surface area contributed by atoms with E-state index in [4.69, 9.17) is 0 Å². The SMILES string of the molecule is CCCC(CCC)S(=O)(=O)C[C@H](NC(=O)c1ccccc1C)C(=O)N[C@@H](Cc1cc(F)cc(F)c1)[C@H](O)CNCc1cccc(CC)c1. The summed E-state index contributed by atoms with van der Waals surface area (Å²) in [6.45, 7) is 7.98. The molecule has 0 aliphatic rings. The molecule has 48 heavy (non-hydrogen) atoms. The van der Waals surface area contributed by atoms with Crippen LogP contribution in [0.2, 0.25) is 0 Å². The fraction of sp³-hybridized carbons (Fsp3) is 0.459. The first-order valence-corrected chi connectivity index (χ1v) is 18.4. The van der Waals surface area contributed by atoms with Crippen LogP contribution < -0.4 is 16.0 Å². The van der Waals surface area contributed by atoms with Crippen LogP contribution in [0.25, 0.3) is 0 Å². The van der Waals surface area contributed by atoms with Crippen LogP contribution in [0.3, 0.4) is 0 Å². The van der Waals surface area contributed by atoms with Gasteiger partial charge in [0.05, 0.1) is 23.1 Å². The lowest BCUT2D eigenvalue weighted by Gasteiger charge is -2.28. The number of sulfone groups is 1. The molecule has 4 N–H and O–H groups in total. The third-order valence-corrected chi connectivity index (χ3v) is 10.7. The summed E-state index contributed by atoms with van der Waals surface area (Å²) in [5, 5.41) is 19.1. The van der Waals surface area contributed by atoms with Crippen LogP contribution in [0.15, 0.2) is 66.7 Å². The normalized spacial score (nSPS) is 13.6. The highest BCUT2D eigenvalue weighted by Crippen LogP contribution is 2.18. The van der Waals surface area contributed by atoms with Crippen molar-refractivity contribution in [2.45, 2.75) is 96.2 Å². The number of aliphatic hydroxyl groups is 1. The summed E-state index contributed by atoms with van der Waals surface area (Å²) in [5.41, 5.74) is 3.26. The molecule has 0 aliphatic heterocycles. The van der Waals surface area contributed by atoms with Gasteiger partial charge in [-0.1, -0.05) is 76.1 Å². The fourth-order valence-electron chi connectivity index (χ4n) is 5.78. The Hall–Kier alpha value is -3.67. The zero-order valence-electron chi connectivity index (χ0n) is 28.3. The first-order chi connectivity index (χ1) is 22.9. The van der Waals surface area contributed by atoms with E-state index in [0.29, 0.717) is 37.8 Å². The number of aliphatic hydroxyl groups excluding tert-OH is 1. The van der Waals surface area contributed by atoms with Gasteiger partial charge >= 0.3 is 0 Å². The topological polar surface area (TPSA) is 125 Å². The summed E-state index contributed by atoms with van der Waals surface area (Å²) < 4.78 is 55.5. The molecule has 0 saturated heterocycles. The van der Waals surface area contributed by atoms with Crippen molar-refractivity contribution in [1.29, 1.82) is 0 Å². The summed E-state index contributed by atoms with van der Waals surface area (Å²) in [6, 6.07) is 15.1. The molecule has 0 radical (unpaired) electrons. The molecule has 0 spiro atoms. The van der Waals surface area contributed by atoms with Gasteiger partial charge < -0.3 is 21.1 Å². The largest absolute Gasteiger partial charge is 0.390 e. The van der Waals surface area contributed by atoms with Gasteiger partial charge in [-0.15, -0.1) is 0 Å². The van der Waals surface area contributed by atoms with E-state index in [0.717, 1.165) is 35.7 Å². The molecule has 3 atom stereocenters. The van der Waals surface area contributed by atoms with E-state index in [2.05, 4.69) is 22.9 Å². The Bertz CT molecular complexity index is 1590. The molecule has 3 rings (SSSR count). The van der Waals surface area contributed by atoms with Crippen molar-refractivity contribution in [3.8, 4) is 0 Å². The molecule has 8 nitrogen and oxygen atoms in total.